The highest BCUT2D eigenvalue weighted by atomic mass is 35.5. The van der Waals surface area contributed by atoms with Crippen LogP contribution in [-0.4, -0.2) is 16.7 Å². The first-order valence-electron chi connectivity index (χ1n) is 5.13. The SMILES string of the molecule is CCCNc1nnc(-c2cccc(Cl)c2)o1. The van der Waals surface area contributed by atoms with E-state index in [1.165, 1.54) is 0 Å². The van der Waals surface area contributed by atoms with Crippen LogP contribution in [0.4, 0.5) is 6.01 Å². The minimum absolute atomic E-state index is 0.442. The van der Waals surface area contributed by atoms with Gasteiger partial charge in [0.1, 0.15) is 0 Å². The van der Waals surface area contributed by atoms with Crippen molar-refractivity contribution < 1.29 is 4.42 Å². The Bertz CT molecular complexity index is 470. The Morgan fingerprint density at radius 3 is 3.00 bits per heavy atom. The van der Waals surface area contributed by atoms with E-state index < -0.39 is 0 Å². The van der Waals surface area contributed by atoms with Gasteiger partial charge in [0.25, 0.3) is 0 Å². The van der Waals surface area contributed by atoms with Gasteiger partial charge in [-0.3, -0.25) is 0 Å². The Morgan fingerprint density at radius 2 is 2.25 bits per heavy atom. The Labute approximate surface area is 98.6 Å². The van der Waals surface area contributed by atoms with Gasteiger partial charge in [-0.2, -0.15) is 0 Å². The number of aromatic nitrogens is 2. The van der Waals surface area contributed by atoms with E-state index in [0.717, 1.165) is 18.5 Å². The van der Waals surface area contributed by atoms with Crippen LogP contribution in [0, 0.1) is 0 Å². The second kappa shape index (κ2) is 4.99. The van der Waals surface area contributed by atoms with Crippen LogP contribution in [0.25, 0.3) is 11.5 Å². The number of hydrogen-bond donors (Lipinski definition) is 1. The molecule has 2 rings (SSSR count). The summed E-state index contributed by atoms with van der Waals surface area (Å²) in [5.74, 6) is 0.473. The van der Waals surface area contributed by atoms with Crippen LogP contribution < -0.4 is 5.32 Å². The number of rotatable bonds is 4. The second-order valence-corrected chi connectivity index (χ2v) is 3.79. The standard InChI is InChI=1S/C11H12ClN3O/c1-2-6-13-11-15-14-10(16-11)8-4-3-5-9(12)7-8/h3-5,7H,2,6H2,1H3,(H,13,15). The summed E-state index contributed by atoms with van der Waals surface area (Å²) in [6.07, 6.45) is 1.01. The summed E-state index contributed by atoms with van der Waals surface area (Å²) in [6.45, 7) is 2.89. The summed E-state index contributed by atoms with van der Waals surface area (Å²) in [4.78, 5) is 0. The summed E-state index contributed by atoms with van der Waals surface area (Å²) < 4.78 is 5.43. The molecule has 0 aliphatic rings. The highest BCUT2D eigenvalue weighted by Gasteiger charge is 2.07. The van der Waals surface area contributed by atoms with Gasteiger partial charge >= 0.3 is 6.01 Å². The van der Waals surface area contributed by atoms with Gasteiger partial charge < -0.3 is 9.73 Å². The maximum absolute atomic E-state index is 5.88. The van der Waals surface area contributed by atoms with Crippen molar-refractivity contribution in [1.29, 1.82) is 0 Å². The maximum Gasteiger partial charge on any atom is 0.315 e. The van der Waals surface area contributed by atoms with Crippen LogP contribution >= 0.6 is 11.6 Å². The van der Waals surface area contributed by atoms with Crippen molar-refractivity contribution in [1.82, 2.24) is 10.2 Å². The van der Waals surface area contributed by atoms with E-state index >= 15 is 0 Å². The molecule has 0 amide bonds. The summed E-state index contributed by atoms with van der Waals surface area (Å²) >= 11 is 5.88. The molecular weight excluding hydrogens is 226 g/mol. The summed E-state index contributed by atoms with van der Waals surface area (Å²) in [5.41, 5.74) is 0.824. The molecule has 1 heterocycles. The van der Waals surface area contributed by atoms with Gasteiger partial charge in [-0.1, -0.05) is 29.7 Å². The van der Waals surface area contributed by atoms with E-state index in [9.17, 15) is 0 Å². The van der Waals surface area contributed by atoms with Crippen molar-refractivity contribution in [2.24, 2.45) is 0 Å². The quantitative estimate of drug-likeness (QED) is 0.887. The molecule has 0 saturated heterocycles. The number of benzene rings is 1. The van der Waals surface area contributed by atoms with Gasteiger partial charge in [0.05, 0.1) is 0 Å². The van der Waals surface area contributed by atoms with E-state index in [1.54, 1.807) is 12.1 Å². The van der Waals surface area contributed by atoms with E-state index in [0.29, 0.717) is 16.9 Å². The molecule has 1 N–H and O–H groups in total. The molecule has 0 saturated carbocycles. The minimum Gasteiger partial charge on any atom is -0.403 e. The highest BCUT2D eigenvalue weighted by molar-refractivity contribution is 6.30. The van der Waals surface area contributed by atoms with Gasteiger partial charge in [0.2, 0.25) is 5.89 Å². The van der Waals surface area contributed by atoms with Crippen LogP contribution in [-0.2, 0) is 0 Å². The molecule has 0 spiro atoms. The van der Waals surface area contributed by atoms with E-state index in [4.69, 9.17) is 16.0 Å². The monoisotopic (exact) mass is 237 g/mol. The first kappa shape index (κ1) is 11.0. The molecule has 0 fully saturated rings. The number of nitrogens with one attached hydrogen (secondary N) is 1. The molecule has 4 nitrogen and oxygen atoms in total. The van der Waals surface area contributed by atoms with Gasteiger partial charge in [0, 0.05) is 17.1 Å². The molecule has 5 heteroatoms. The van der Waals surface area contributed by atoms with E-state index in [2.05, 4.69) is 22.4 Å². The van der Waals surface area contributed by atoms with E-state index in [-0.39, 0.29) is 0 Å². The lowest BCUT2D eigenvalue weighted by molar-refractivity contribution is 0.580. The fraction of sp³-hybridized carbons (Fsp3) is 0.273. The highest BCUT2D eigenvalue weighted by Crippen LogP contribution is 2.22. The van der Waals surface area contributed by atoms with Crippen LogP contribution in [0.5, 0.6) is 0 Å². The lowest BCUT2D eigenvalue weighted by Crippen LogP contribution is -1.99. The average molecular weight is 238 g/mol. The molecule has 16 heavy (non-hydrogen) atoms. The van der Waals surface area contributed by atoms with Crippen LogP contribution in [0.3, 0.4) is 0 Å². The molecule has 0 aliphatic carbocycles. The Balaban J connectivity index is 2.18. The molecule has 0 bridgehead atoms. The maximum atomic E-state index is 5.88. The van der Waals surface area contributed by atoms with Gasteiger partial charge in [-0.25, -0.2) is 0 Å². The topological polar surface area (TPSA) is 51.0 Å². The predicted octanol–water partition coefficient (Wildman–Crippen LogP) is 3.21. The van der Waals surface area contributed by atoms with Crippen molar-refractivity contribution >= 4 is 17.6 Å². The van der Waals surface area contributed by atoms with Crippen molar-refractivity contribution in [2.75, 3.05) is 11.9 Å². The lowest BCUT2D eigenvalue weighted by atomic mass is 10.2. The zero-order valence-electron chi connectivity index (χ0n) is 8.90. The molecule has 0 atom stereocenters. The van der Waals surface area contributed by atoms with Crippen molar-refractivity contribution in [3.05, 3.63) is 29.3 Å². The van der Waals surface area contributed by atoms with Gasteiger partial charge in [0.15, 0.2) is 0 Å². The Kier molecular flexibility index (Phi) is 3.41. The predicted molar refractivity (Wildman–Crippen MR) is 63.5 cm³/mol. The molecule has 1 aromatic carbocycles. The molecule has 0 aliphatic heterocycles. The smallest absolute Gasteiger partial charge is 0.315 e. The Morgan fingerprint density at radius 1 is 1.38 bits per heavy atom. The normalized spacial score (nSPS) is 10.4. The Hall–Kier alpha value is -1.55. The summed E-state index contributed by atoms with van der Waals surface area (Å²) in [5, 5.41) is 11.5. The number of nitrogens with zero attached hydrogens (tertiary/aromatic N) is 2. The largest absolute Gasteiger partial charge is 0.403 e. The molecule has 0 unspecified atom stereocenters. The van der Waals surface area contributed by atoms with Crippen molar-refractivity contribution in [3.8, 4) is 11.5 Å². The van der Waals surface area contributed by atoms with Crippen LogP contribution in [0.1, 0.15) is 13.3 Å². The number of halogens is 1. The van der Waals surface area contributed by atoms with Gasteiger partial charge in [-0.15, -0.1) is 5.10 Å². The van der Waals surface area contributed by atoms with Crippen molar-refractivity contribution in [2.45, 2.75) is 13.3 Å². The third kappa shape index (κ3) is 2.52. The van der Waals surface area contributed by atoms with Crippen molar-refractivity contribution in [3.63, 3.8) is 0 Å². The minimum atomic E-state index is 0.442. The first-order chi connectivity index (χ1) is 7.79. The second-order valence-electron chi connectivity index (χ2n) is 3.35. The summed E-state index contributed by atoms with van der Waals surface area (Å²) in [6, 6.07) is 7.76. The van der Waals surface area contributed by atoms with Crippen LogP contribution in [0.15, 0.2) is 28.7 Å². The average Bonchev–Trinajstić information content (AvgIpc) is 2.75. The third-order valence-electron chi connectivity index (χ3n) is 2.02. The van der Waals surface area contributed by atoms with Gasteiger partial charge in [-0.05, 0) is 24.6 Å². The zero-order chi connectivity index (χ0) is 11.4. The fourth-order valence-electron chi connectivity index (χ4n) is 1.26. The number of hydrogen-bond acceptors (Lipinski definition) is 4. The summed E-state index contributed by atoms with van der Waals surface area (Å²) in [7, 11) is 0. The molecule has 84 valence electrons. The number of anilines is 1. The fourth-order valence-corrected chi connectivity index (χ4v) is 1.46. The molecule has 1 aromatic heterocycles. The molecular formula is C11H12ClN3O. The lowest BCUT2D eigenvalue weighted by Gasteiger charge is -1.96. The third-order valence-corrected chi connectivity index (χ3v) is 2.26. The molecule has 0 radical (unpaired) electrons. The zero-order valence-corrected chi connectivity index (χ0v) is 9.66. The molecule has 2 aromatic rings. The first-order valence-corrected chi connectivity index (χ1v) is 5.50. The van der Waals surface area contributed by atoms with E-state index in [1.807, 2.05) is 12.1 Å². The van der Waals surface area contributed by atoms with Crippen LogP contribution in [0.2, 0.25) is 5.02 Å².